The Morgan fingerprint density at radius 3 is 2.46 bits per heavy atom. The third-order valence-electron chi connectivity index (χ3n) is 6.77. The predicted octanol–water partition coefficient (Wildman–Crippen LogP) is 4.12. The zero-order valence-electron chi connectivity index (χ0n) is 21.6. The lowest BCUT2D eigenvalue weighted by Crippen LogP contribution is -2.41. The average molecular weight is 556 g/mol. The van der Waals surface area contributed by atoms with E-state index < -0.39 is 12.0 Å². The van der Waals surface area contributed by atoms with E-state index in [0.29, 0.717) is 26.2 Å². The van der Waals surface area contributed by atoms with Gasteiger partial charge in [-0.05, 0) is 38.3 Å². The lowest BCUT2D eigenvalue weighted by molar-refractivity contribution is -0.138. The van der Waals surface area contributed by atoms with Crippen LogP contribution in [0, 0.1) is 0 Å². The molecule has 1 amide bonds. The van der Waals surface area contributed by atoms with E-state index in [-0.39, 0.29) is 24.1 Å². The quantitative estimate of drug-likeness (QED) is 0.347. The number of aromatic nitrogens is 1. The molecule has 9 heteroatoms. The Balaban J connectivity index is 1.71. The van der Waals surface area contributed by atoms with Crippen LogP contribution in [-0.4, -0.2) is 29.1 Å². The molecule has 2 aromatic heterocycles. The molecule has 0 saturated heterocycles. The third-order valence-corrected chi connectivity index (χ3v) is 8.75. The molecule has 0 fully saturated rings. The van der Waals surface area contributed by atoms with Gasteiger partial charge in [-0.25, -0.2) is 9.79 Å². The molecular weight excluding hydrogens is 530 g/mol. The summed E-state index contributed by atoms with van der Waals surface area (Å²) in [5.74, 6) is -0.734. The van der Waals surface area contributed by atoms with Gasteiger partial charge in [0.25, 0.3) is 11.5 Å². The van der Waals surface area contributed by atoms with E-state index in [4.69, 9.17) is 9.73 Å². The maximum atomic E-state index is 14.3. The Morgan fingerprint density at radius 2 is 1.77 bits per heavy atom. The van der Waals surface area contributed by atoms with Crippen molar-refractivity contribution in [1.29, 1.82) is 0 Å². The van der Waals surface area contributed by atoms with Gasteiger partial charge in [-0.2, -0.15) is 0 Å². The van der Waals surface area contributed by atoms with Crippen LogP contribution < -0.4 is 19.8 Å². The van der Waals surface area contributed by atoms with Crippen LogP contribution in [0.2, 0.25) is 0 Å². The first kappa shape index (κ1) is 25.2. The van der Waals surface area contributed by atoms with E-state index in [1.54, 1.807) is 16.4 Å². The number of thiophene rings is 1. The summed E-state index contributed by atoms with van der Waals surface area (Å²) in [7, 11) is 0. The van der Waals surface area contributed by atoms with Gasteiger partial charge in [0.05, 0.1) is 29.1 Å². The van der Waals surface area contributed by atoms with E-state index in [9.17, 15) is 14.4 Å². The molecule has 2 aliphatic heterocycles. The summed E-state index contributed by atoms with van der Waals surface area (Å²) >= 11 is 2.64. The van der Waals surface area contributed by atoms with E-state index in [1.165, 1.54) is 22.7 Å². The number of carbonyl (C=O) groups excluding carboxylic acids is 2. The summed E-state index contributed by atoms with van der Waals surface area (Å²) in [5, 5.41) is 1.91. The van der Waals surface area contributed by atoms with Crippen molar-refractivity contribution in [2.45, 2.75) is 32.9 Å². The molecule has 39 heavy (non-hydrogen) atoms. The number of carbonyl (C=O) groups is 2. The zero-order chi connectivity index (χ0) is 27.3. The summed E-state index contributed by atoms with van der Waals surface area (Å²) in [5.41, 5.74) is 3.04. The van der Waals surface area contributed by atoms with E-state index >= 15 is 0 Å². The number of fused-ring (bicyclic) bond motifs is 2. The van der Waals surface area contributed by atoms with Crippen molar-refractivity contribution in [3.63, 3.8) is 0 Å². The number of benzene rings is 2. The second kappa shape index (κ2) is 9.91. The summed E-state index contributed by atoms with van der Waals surface area (Å²) < 4.78 is 7.36. The lowest BCUT2D eigenvalue weighted by atomic mass is 9.97. The zero-order valence-corrected chi connectivity index (χ0v) is 23.2. The van der Waals surface area contributed by atoms with Crippen LogP contribution in [-0.2, 0) is 14.3 Å². The number of rotatable bonds is 5. The highest BCUT2D eigenvalue weighted by molar-refractivity contribution is 7.10. The highest BCUT2D eigenvalue weighted by Crippen LogP contribution is 2.38. The van der Waals surface area contributed by atoms with Crippen molar-refractivity contribution in [2.75, 3.05) is 11.5 Å². The number of esters is 1. The van der Waals surface area contributed by atoms with Crippen LogP contribution >= 0.6 is 22.7 Å². The molecular formula is C30H25N3O4S2. The molecule has 2 aliphatic rings. The smallest absolute Gasteiger partial charge is 0.338 e. The molecule has 0 radical (unpaired) electrons. The Labute approximate surface area is 232 Å². The molecule has 0 aliphatic carbocycles. The fourth-order valence-electron chi connectivity index (χ4n) is 5.18. The number of thiazole rings is 1. The van der Waals surface area contributed by atoms with Gasteiger partial charge in [0.15, 0.2) is 4.80 Å². The third kappa shape index (κ3) is 4.00. The van der Waals surface area contributed by atoms with Gasteiger partial charge in [-0.1, -0.05) is 65.9 Å². The molecule has 1 atom stereocenters. The first-order valence-electron chi connectivity index (χ1n) is 12.7. The van der Waals surface area contributed by atoms with Crippen LogP contribution in [0.1, 0.15) is 42.8 Å². The Morgan fingerprint density at radius 1 is 1.03 bits per heavy atom. The first-order chi connectivity index (χ1) is 18.9. The number of hydrogen-bond acceptors (Lipinski definition) is 7. The Kier molecular flexibility index (Phi) is 6.40. The molecule has 0 unspecified atom stereocenters. The van der Waals surface area contributed by atoms with Gasteiger partial charge in [-0.3, -0.25) is 14.2 Å². The largest absolute Gasteiger partial charge is 0.463 e. The van der Waals surface area contributed by atoms with Crippen molar-refractivity contribution >= 4 is 51.5 Å². The highest BCUT2D eigenvalue weighted by Gasteiger charge is 2.39. The van der Waals surface area contributed by atoms with Crippen LogP contribution in [0.5, 0.6) is 0 Å². The minimum Gasteiger partial charge on any atom is -0.463 e. The standard InChI is InChI=1S/C30H25N3O4S2/c1-4-37-29(36)23-24(18-11-6-5-7-12-18)31-30-33(25(23)21-15-10-16-38-21)28(35)26(39-30)22-19-13-8-9-14-20(19)32(17(2)3)27(22)34/h5-17,25H,4H2,1-3H3/b26-22+/t25-/m1/s1. The molecule has 196 valence electrons. The number of para-hydroxylation sites is 1. The topological polar surface area (TPSA) is 81.0 Å². The Hall–Kier alpha value is -4.08. The monoisotopic (exact) mass is 555 g/mol. The molecule has 0 bridgehead atoms. The molecule has 4 aromatic rings. The van der Waals surface area contributed by atoms with Gasteiger partial charge in [0.2, 0.25) is 0 Å². The van der Waals surface area contributed by atoms with Gasteiger partial charge < -0.3 is 9.64 Å². The van der Waals surface area contributed by atoms with E-state index in [0.717, 1.165) is 21.7 Å². The average Bonchev–Trinajstić information content (AvgIpc) is 3.64. The van der Waals surface area contributed by atoms with Crippen molar-refractivity contribution in [1.82, 2.24) is 4.57 Å². The van der Waals surface area contributed by atoms with Crippen molar-refractivity contribution in [3.8, 4) is 0 Å². The Bertz CT molecular complexity index is 1820. The minimum absolute atomic E-state index is 0.0844. The van der Waals surface area contributed by atoms with Crippen LogP contribution in [0.3, 0.4) is 0 Å². The number of amides is 1. The van der Waals surface area contributed by atoms with Gasteiger partial charge in [0.1, 0.15) is 10.6 Å². The van der Waals surface area contributed by atoms with Gasteiger partial charge >= 0.3 is 5.97 Å². The number of anilines is 1. The van der Waals surface area contributed by atoms with E-state index in [1.807, 2.05) is 86.0 Å². The maximum Gasteiger partial charge on any atom is 0.338 e. The SMILES string of the molecule is CCOC(=O)C1=C(c2ccccc2)N=c2s/c(=C3/C(=O)N(C(C)C)c4ccccc43)c(=O)n2[C@@H]1c1cccs1. The normalized spacial score (nSPS) is 17.8. The van der Waals surface area contributed by atoms with Crippen molar-refractivity contribution in [2.24, 2.45) is 4.99 Å². The predicted molar refractivity (Wildman–Crippen MR) is 153 cm³/mol. The van der Waals surface area contributed by atoms with Crippen molar-refractivity contribution < 1.29 is 14.3 Å². The van der Waals surface area contributed by atoms with Gasteiger partial charge in [0, 0.05) is 22.0 Å². The summed E-state index contributed by atoms with van der Waals surface area (Å²) in [6.07, 6.45) is 0. The molecule has 0 saturated carbocycles. The summed E-state index contributed by atoms with van der Waals surface area (Å²) in [6, 6.07) is 19.9. The summed E-state index contributed by atoms with van der Waals surface area (Å²) in [4.78, 5) is 49.3. The van der Waals surface area contributed by atoms with E-state index in [2.05, 4.69) is 0 Å². The number of hydrogen-bond donors (Lipinski definition) is 0. The van der Waals surface area contributed by atoms with Crippen LogP contribution in [0.25, 0.3) is 11.3 Å². The first-order valence-corrected chi connectivity index (χ1v) is 14.4. The minimum atomic E-state index is -0.738. The van der Waals surface area contributed by atoms with Crippen LogP contribution in [0.4, 0.5) is 5.69 Å². The van der Waals surface area contributed by atoms with Gasteiger partial charge in [-0.15, -0.1) is 11.3 Å². The lowest BCUT2D eigenvalue weighted by Gasteiger charge is -2.24. The molecule has 2 aromatic carbocycles. The fraction of sp³-hybridized carbons (Fsp3) is 0.200. The molecule has 4 heterocycles. The molecule has 7 nitrogen and oxygen atoms in total. The molecule has 6 rings (SSSR count). The maximum absolute atomic E-state index is 14.3. The second-order valence-corrected chi connectivity index (χ2v) is 11.4. The number of ether oxygens (including phenoxy) is 1. The summed E-state index contributed by atoms with van der Waals surface area (Å²) in [6.45, 7) is 5.84. The second-order valence-electron chi connectivity index (χ2n) is 9.43. The van der Waals surface area contributed by atoms with Crippen LogP contribution in [0.15, 0.2) is 87.5 Å². The molecule has 0 N–H and O–H groups in total. The fourth-order valence-corrected chi connectivity index (χ4v) is 7.09. The molecule has 0 spiro atoms. The number of nitrogens with zero attached hydrogens (tertiary/aromatic N) is 3. The van der Waals surface area contributed by atoms with Crippen molar-refractivity contribution in [3.05, 3.63) is 113 Å². The highest BCUT2D eigenvalue weighted by atomic mass is 32.1.